The molecule has 0 aliphatic heterocycles. The van der Waals surface area contributed by atoms with E-state index in [1.165, 1.54) is 0 Å². The van der Waals surface area contributed by atoms with Gasteiger partial charge in [-0.05, 0) is 55.2 Å². The van der Waals surface area contributed by atoms with Crippen LogP contribution in [-0.4, -0.2) is 45.1 Å². The normalized spacial score (nSPS) is 11.8. The Bertz CT molecular complexity index is 990. The van der Waals surface area contributed by atoms with Crippen molar-refractivity contribution < 1.29 is 9.59 Å². The second-order valence-corrected chi connectivity index (χ2v) is 7.55. The Morgan fingerprint density at radius 1 is 1.17 bits per heavy atom. The lowest BCUT2D eigenvalue weighted by Gasteiger charge is -2.17. The molecule has 1 aromatic carbocycles. The number of urea groups is 1. The third-order valence-corrected chi connectivity index (χ3v) is 4.93. The molecule has 8 nitrogen and oxygen atoms in total. The highest BCUT2D eigenvalue weighted by Crippen LogP contribution is 2.18. The molecular weight excluding hydrogens is 388 g/mol. The minimum atomic E-state index is -0.431. The summed E-state index contributed by atoms with van der Waals surface area (Å²) in [5.41, 5.74) is 2.44. The molecule has 2 aromatic heterocycles. The van der Waals surface area contributed by atoms with E-state index < -0.39 is 6.03 Å². The predicted octanol–water partition coefficient (Wildman–Crippen LogP) is 2.77. The van der Waals surface area contributed by atoms with Crippen LogP contribution in [0.3, 0.4) is 0 Å². The maximum absolute atomic E-state index is 12.4. The van der Waals surface area contributed by atoms with Gasteiger partial charge in [-0.15, -0.1) is 10.2 Å². The Morgan fingerprint density at radius 2 is 2.03 bits per heavy atom. The first-order valence-corrected chi connectivity index (χ1v) is 10.7. The number of hydrogen-bond donors (Lipinski definition) is 3. The van der Waals surface area contributed by atoms with E-state index in [9.17, 15) is 9.59 Å². The standard InChI is InChI=1S/C20H24N6O2S/c1-14-6-5-7-15(12-14)22-20(28)21-13-18(27)23-16(9-11-29-2)19-25-24-17-8-3-4-10-26(17)19/h3-8,10,12,16H,9,11,13H2,1-2H3,(H,23,27)(H2,21,22,28). The van der Waals surface area contributed by atoms with Crippen molar-refractivity contribution in [2.75, 3.05) is 23.9 Å². The molecule has 3 aromatic rings. The van der Waals surface area contributed by atoms with Gasteiger partial charge in [-0.25, -0.2) is 4.79 Å². The second-order valence-electron chi connectivity index (χ2n) is 6.57. The van der Waals surface area contributed by atoms with Gasteiger partial charge in [-0.3, -0.25) is 9.20 Å². The van der Waals surface area contributed by atoms with Crippen LogP contribution < -0.4 is 16.0 Å². The van der Waals surface area contributed by atoms with Crippen molar-refractivity contribution in [3.05, 3.63) is 60.0 Å². The molecule has 0 radical (unpaired) electrons. The molecule has 9 heteroatoms. The van der Waals surface area contributed by atoms with E-state index in [0.29, 0.717) is 17.9 Å². The molecule has 0 aliphatic rings. The summed E-state index contributed by atoms with van der Waals surface area (Å²) in [6.07, 6.45) is 4.59. The van der Waals surface area contributed by atoms with Crippen molar-refractivity contribution in [1.82, 2.24) is 25.2 Å². The number of thioether (sulfide) groups is 1. The summed E-state index contributed by atoms with van der Waals surface area (Å²) in [6, 6.07) is 12.4. The Kier molecular flexibility index (Phi) is 7.07. The largest absolute Gasteiger partial charge is 0.344 e. The number of fused-ring (bicyclic) bond motifs is 1. The number of nitrogens with zero attached hydrogens (tertiary/aromatic N) is 3. The fourth-order valence-corrected chi connectivity index (χ4v) is 3.37. The van der Waals surface area contributed by atoms with Crippen LogP contribution in [0.15, 0.2) is 48.7 Å². The predicted molar refractivity (Wildman–Crippen MR) is 115 cm³/mol. The Labute approximate surface area is 173 Å². The van der Waals surface area contributed by atoms with Crippen LogP contribution in [0.1, 0.15) is 23.9 Å². The molecule has 0 aliphatic carbocycles. The number of aryl methyl sites for hydroxylation is 1. The van der Waals surface area contributed by atoms with Gasteiger partial charge in [0.25, 0.3) is 0 Å². The highest BCUT2D eigenvalue weighted by Gasteiger charge is 2.20. The molecule has 0 fully saturated rings. The maximum Gasteiger partial charge on any atom is 0.319 e. The molecule has 152 valence electrons. The number of benzene rings is 1. The van der Waals surface area contributed by atoms with E-state index in [1.807, 2.05) is 60.2 Å². The first kappa shape index (κ1) is 20.7. The fourth-order valence-electron chi connectivity index (χ4n) is 2.90. The minimum absolute atomic E-state index is 0.135. The smallest absolute Gasteiger partial charge is 0.319 e. The average molecular weight is 413 g/mol. The molecule has 0 saturated heterocycles. The molecule has 0 bridgehead atoms. The van der Waals surface area contributed by atoms with Gasteiger partial charge >= 0.3 is 6.03 Å². The number of hydrogen-bond acceptors (Lipinski definition) is 5. The molecule has 3 rings (SSSR count). The topological polar surface area (TPSA) is 100 Å². The number of amides is 3. The van der Waals surface area contributed by atoms with Crippen LogP contribution in [0.2, 0.25) is 0 Å². The Hall–Kier alpha value is -3.07. The van der Waals surface area contributed by atoms with Crippen LogP contribution in [0.5, 0.6) is 0 Å². The first-order chi connectivity index (χ1) is 14.1. The van der Waals surface area contributed by atoms with Gasteiger partial charge in [0, 0.05) is 11.9 Å². The van der Waals surface area contributed by atoms with E-state index in [0.717, 1.165) is 17.0 Å². The SMILES string of the molecule is CSCCC(NC(=O)CNC(=O)Nc1cccc(C)c1)c1nnc2ccccn12. The quantitative estimate of drug-likeness (QED) is 0.528. The second kappa shape index (κ2) is 9.92. The van der Waals surface area contributed by atoms with Gasteiger partial charge in [0.2, 0.25) is 5.91 Å². The van der Waals surface area contributed by atoms with Crippen LogP contribution in [0, 0.1) is 6.92 Å². The average Bonchev–Trinajstić information content (AvgIpc) is 3.14. The summed E-state index contributed by atoms with van der Waals surface area (Å²) < 4.78 is 1.86. The van der Waals surface area contributed by atoms with Crippen LogP contribution in [0.25, 0.3) is 5.65 Å². The summed E-state index contributed by atoms with van der Waals surface area (Å²) in [6.45, 7) is 1.81. The Balaban J connectivity index is 1.59. The van der Waals surface area contributed by atoms with Crippen molar-refractivity contribution in [1.29, 1.82) is 0 Å². The van der Waals surface area contributed by atoms with Gasteiger partial charge in [-0.1, -0.05) is 18.2 Å². The molecule has 1 atom stereocenters. The van der Waals surface area contributed by atoms with E-state index in [2.05, 4.69) is 26.1 Å². The molecule has 2 heterocycles. The third kappa shape index (κ3) is 5.71. The lowest BCUT2D eigenvalue weighted by atomic mass is 10.2. The lowest BCUT2D eigenvalue weighted by Crippen LogP contribution is -2.40. The van der Waals surface area contributed by atoms with E-state index in [1.54, 1.807) is 17.8 Å². The molecule has 0 spiro atoms. The molecule has 3 amide bonds. The van der Waals surface area contributed by atoms with Crippen molar-refractivity contribution >= 4 is 35.0 Å². The lowest BCUT2D eigenvalue weighted by molar-refractivity contribution is -0.120. The summed E-state index contributed by atoms with van der Waals surface area (Å²) in [5.74, 6) is 1.24. The molecule has 1 unspecified atom stereocenters. The zero-order chi connectivity index (χ0) is 20.6. The molecular formula is C20H24N6O2S. The van der Waals surface area contributed by atoms with Crippen LogP contribution >= 0.6 is 11.8 Å². The fraction of sp³-hybridized carbons (Fsp3) is 0.300. The Morgan fingerprint density at radius 3 is 2.83 bits per heavy atom. The van der Waals surface area contributed by atoms with Gasteiger partial charge in [0.1, 0.15) is 0 Å². The number of anilines is 1. The van der Waals surface area contributed by atoms with Crippen molar-refractivity contribution in [3.63, 3.8) is 0 Å². The summed E-state index contributed by atoms with van der Waals surface area (Å²) in [7, 11) is 0. The summed E-state index contributed by atoms with van der Waals surface area (Å²) in [4.78, 5) is 24.5. The van der Waals surface area contributed by atoms with Crippen molar-refractivity contribution in [2.45, 2.75) is 19.4 Å². The van der Waals surface area contributed by atoms with Gasteiger partial charge in [-0.2, -0.15) is 11.8 Å². The first-order valence-electron chi connectivity index (χ1n) is 9.26. The maximum atomic E-state index is 12.4. The highest BCUT2D eigenvalue weighted by atomic mass is 32.2. The van der Waals surface area contributed by atoms with Crippen molar-refractivity contribution in [2.24, 2.45) is 0 Å². The number of nitrogens with one attached hydrogen (secondary N) is 3. The zero-order valence-electron chi connectivity index (χ0n) is 16.4. The summed E-state index contributed by atoms with van der Waals surface area (Å²) >= 11 is 1.69. The molecule has 0 saturated carbocycles. The van der Waals surface area contributed by atoms with Crippen LogP contribution in [-0.2, 0) is 4.79 Å². The number of carbonyl (C=O) groups is 2. The van der Waals surface area contributed by atoms with Gasteiger partial charge < -0.3 is 16.0 Å². The van der Waals surface area contributed by atoms with E-state index in [4.69, 9.17) is 0 Å². The number of aromatic nitrogens is 3. The van der Waals surface area contributed by atoms with E-state index in [-0.39, 0.29) is 18.5 Å². The zero-order valence-corrected chi connectivity index (χ0v) is 17.2. The number of carbonyl (C=O) groups excluding carboxylic acids is 2. The highest BCUT2D eigenvalue weighted by molar-refractivity contribution is 7.98. The minimum Gasteiger partial charge on any atom is -0.344 e. The summed E-state index contributed by atoms with van der Waals surface area (Å²) in [5, 5.41) is 16.7. The number of rotatable bonds is 8. The van der Waals surface area contributed by atoms with Crippen molar-refractivity contribution in [3.8, 4) is 0 Å². The molecule has 3 N–H and O–H groups in total. The monoisotopic (exact) mass is 412 g/mol. The van der Waals surface area contributed by atoms with Gasteiger partial charge in [0.05, 0.1) is 12.6 Å². The van der Waals surface area contributed by atoms with Gasteiger partial charge in [0.15, 0.2) is 11.5 Å². The third-order valence-electron chi connectivity index (χ3n) is 4.28. The number of pyridine rings is 1. The van der Waals surface area contributed by atoms with Crippen LogP contribution in [0.4, 0.5) is 10.5 Å². The molecule has 29 heavy (non-hydrogen) atoms. The van der Waals surface area contributed by atoms with E-state index >= 15 is 0 Å².